The minimum Gasteiger partial charge on any atom is -0.207 e. The number of nitrogens with zero attached hydrogens (tertiary/aromatic N) is 1. The fraction of sp³-hybridized carbons (Fsp3) is 0.571. The highest BCUT2D eigenvalue weighted by Crippen LogP contribution is 2.31. The molecule has 2 rings (SSSR count). The van der Waals surface area contributed by atoms with Crippen LogP contribution >= 0.6 is 27.5 Å². The Bertz CT molecular complexity index is 591. The molecule has 1 fully saturated rings. The molecule has 0 N–H and O–H groups in total. The van der Waals surface area contributed by atoms with Crippen molar-refractivity contribution < 1.29 is 8.42 Å². The lowest BCUT2D eigenvalue weighted by atomic mass is 9.90. The summed E-state index contributed by atoms with van der Waals surface area (Å²) in [5, 5.41) is 0. The summed E-state index contributed by atoms with van der Waals surface area (Å²) in [6.07, 6.45) is 0.914. The summed E-state index contributed by atoms with van der Waals surface area (Å²) >= 11 is 9.12. The van der Waals surface area contributed by atoms with Crippen LogP contribution in [0.3, 0.4) is 0 Å². The standard InChI is InChI=1S/C14H19BrClNO2S/c1-10-5-6-17(9-11(10)2)20(18,19)14-4-3-12(8-16)7-13(14)15/h3-4,7,10-11H,5-6,8-9H2,1-2H3. The Balaban J connectivity index is 2.31. The highest BCUT2D eigenvalue weighted by atomic mass is 79.9. The van der Waals surface area contributed by atoms with Gasteiger partial charge in [0.05, 0.1) is 4.90 Å². The molecule has 0 aromatic heterocycles. The molecule has 1 saturated heterocycles. The third kappa shape index (κ3) is 3.21. The van der Waals surface area contributed by atoms with Gasteiger partial charge in [-0.1, -0.05) is 19.9 Å². The predicted octanol–water partition coefficient (Wildman–Crippen LogP) is 3.85. The summed E-state index contributed by atoms with van der Waals surface area (Å²) in [5.41, 5.74) is 0.901. The van der Waals surface area contributed by atoms with Crippen LogP contribution < -0.4 is 0 Å². The summed E-state index contributed by atoms with van der Waals surface area (Å²) < 4.78 is 27.6. The molecule has 1 aromatic carbocycles. The third-order valence-corrected chi connectivity index (χ3v) is 7.22. The van der Waals surface area contributed by atoms with Crippen molar-refractivity contribution >= 4 is 37.6 Å². The van der Waals surface area contributed by atoms with Crippen LogP contribution in [0.5, 0.6) is 0 Å². The van der Waals surface area contributed by atoms with E-state index in [1.54, 1.807) is 22.5 Å². The maximum Gasteiger partial charge on any atom is 0.244 e. The number of hydrogen-bond donors (Lipinski definition) is 0. The molecule has 0 spiro atoms. The van der Waals surface area contributed by atoms with Gasteiger partial charge in [0, 0.05) is 23.4 Å². The number of halogens is 2. The molecule has 1 heterocycles. The highest BCUT2D eigenvalue weighted by molar-refractivity contribution is 9.10. The molecule has 0 radical (unpaired) electrons. The molecule has 0 amide bonds. The minimum absolute atomic E-state index is 0.327. The van der Waals surface area contributed by atoms with Gasteiger partial charge in [-0.25, -0.2) is 8.42 Å². The second kappa shape index (κ2) is 6.34. The zero-order valence-corrected chi connectivity index (χ0v) is 14.8. The van der Waals surface area contributed by atoms with Crippen LogP contribution in [-0.2, 0) is 15.9 Å². The first-order valence-corrected chi connectivity index (χ1v) is 9.47. The zero-order valence-electron chi connectivity index (χ0n) is 11.6. The molecular weight excluding hydrogens is 362 g/mol. The van der Waals surface area contributed by atoms with Crippen molar-refractivity contribution in [3.05, 3.63) is 28.2 Å². The maximum atomic E-state index is 12.7. The van der Waals surface area contributed by atoms with Gasteiger partial charge in [0.2, 0.25) is 10.0 Å². The Kier molecular flexibility index (Phi) is 5.16. The fourth-order valence-corrected chi connectivity index (χ4v) is 5.23. The van der Waals surface area contributed by atoms with Crippen molar-refractivity contribution in [2.75, 3.05) is 13.1 Å². The van der Waals surface area contributed by atoms with Gasteiger partial charge >= 0.3 is 0 Å². The van der Waals surface area contributed by atoms with Crippen LogP contribution in [0.25, 0.3) is 0 Å². The smallest absolute Gasteiger partial charge is 0.207 e. The van der Waals surface area contributed by atoms with Gasteiger partial charge in [0.1, 0.15) is 0 Å². The van der Waals surface area contributed by atoms with Crippen molar-refractivity contribution in [2.24, 2.45) is 11.8 Å². The number of alkyl halides is 1. The molecule has 1 aliphatic heterocycles. The summed E-state index contributed by atoms with van der Waals surface area (Å²) in [7, 11) is -3.43. The van der Waals surface area contributed by atoms with E-state index in [1.807, 2.05) is 0 Å². The van der Waals surface area contributed by atoms with Gasteiger partial charge in [-0.05, 0) is 51.9 Å². The summed E-state index contributed by atoms with van der Waals surface area (Å²) in [6, 6.07) is 5.18. The quantitative estimate of drug-likeness (QED) is 0.747. The van der Waals surface area contributed by atoms with E-state index >= 15 is 0 Å². The molecule has 1 aliphatic rings. The van der Waals surface area contributed by atoms with E-state index in [9.17, 15) is 8.42 Å². The molecule has 0 bridgehead atoms. The van der Waals surface area contributed by atoms with Crippen molar-refractivity contribution in [1.29, 1.82) is 0 Å². The van der Waals surface area contributed by atoms with E-state index < -0.39 is 10.0 Å². The molecule has 0 saturated carbocycles. The van der Waals surface area contributed by atoms with Gasteiger partial charge in [-0.2, -0.15) is 4.31 Å². The van der Waals surface area contributed by atoms with Gasteiger partial charge in [-0.15, -0.1) is 11.6 Å². The van der Waals surface area contributed by atoms with Gasteiger partial charge in [-0.3, -0.25) is 0 Å². The first-order valence-electron chi connectivity index (χ1n) is 6.70. The monoisotopic (exact) mass is 379 g/mol. The van der Waals surface area contributed by atoms with Gasteiger partial charge < -0.3 is 0 Å². The Hall–Kier alpha value is -0.100. The van der Waals surface area contributed by atoms with Gasteiger partial charge in [0.25, 0.3) is 0 Å². The summed E-state index contributed by atoms with van der Waals surface area (Å²) in [4.78, 5) is 0.327. The lowest BCUT2D eigenvalue weighted by Gasteiger charge is -2.34. The van der Waals surface area contributed by atoms with Crippen molar-refractivity contribution in [3.63, 3.8) is 0 Å². The van der Waals surface area contributed by atoms with Crippen LogP contribution in [0.15, 0.2) is 27.6 Å². The van der Waals surface area contributed by atoms with Gasteiger partial charge in [0.15, 0.2) is 0 Å². The molecule has 20 heavy (non-hydrogen) atoms. The number of sulfonamides is 1. The van der Waals surface area contributed by atoms with E-state index in [-0.39, 0.29) is 0 Å². The van der Waals surface area contributed by atoms with E-state index in [4.69, 9.17) is 11.6 Å². The topological polar surface area (TPSA) is 37.4 Å². The maximum absolute atomic E-state index is 12.7. The number of rotatable bonds is 3. The summed E-state index contributed by atoms with van der Waals surface area (Å²) in [5.74, 6) is 1.33. The molecule has 2 atom stereocenters. The van der Waals surface area contributed by atoms with Crippen LogP contribution in [0.4, 0.5) is 0 Å². The molecule has 112 valence electrons. The molecule has 6 heteroatoms. The average Bonchev–Trinajstić information content (AvgIpc) is 2.41. The van der Waals surface area contributed by atoms with E-state index in [0.29, 0.717) is 40.2 Å². The molecule has 2 unspecified atom stereocenters. The first kappa shape index (κ1) is 16.3. The largest absolute Gasteiger partial charge is 0.244 e. The van der Waals surface area contributed by atoms with E-state index in [2.05, 4.69) is 29.8 Å². The van der Waals surface area contributed by atoms with E-state index in [0.717, 1.165) is 12.0 Å². The van der Waals surface area contributed by atoms with E-state index in [1.165, 1.54) is 0 Å². The van der Waals surface area contributed by atoms with Crippen LogP contribution in [0.1, 0.15) is 25.8 Å². The normalized spacial score (nSPS) is 24.8. The van der Waals surface area contributed by atoms with Crippen molar-refractivity contribution in [1.82, 2.24) is 4.31 Å². The van der Waals surface area contributed by atoms with Crippen molar-refractivity contribution in [3.8, 4) is 0 Å². The Labute approximate surface area is 134 Å². The van der Waals surface area contributed by atoms with Crippen LogP contribution in [-0.4, -0.2) is 25.8 Å². The number of piperidine rings is 1. The first-order chi connectivity index (χ1) is 9.36. The number of benzene rings is 1. The molecule has 3 nitrogen and oxygen atoms in total. The predicted molar refractivity (Wildman–Crippen MR) is 85.4 cm³/mol. The Morgan fingerprint density at radius 1 is 1.35 bits per heavy atom. The molecule has 0 aliphatic carbocycles. The highest BCUT2D eigenvalue weighted by Gasteiger charge is 2.32. The molecular formula is C14H19BrClNO2S. The zero-order chi connectivity index (χ0) is 14.9. The number of hydrogen-bond acceptors (Lipinski definition) is 2. The lowest BCUT2D eigenvalue weighted by Crippen LogP contribution is -2.42. The second-order valence-electron chi connectivity index (χ2n) is 5.50. The van der Waals surface area contributed by atoms with Crippen LogP contribution in [0.2, 0.25) is 0 Å². The van der Waals surface area contributed by atoms with Crippen molar-refractivity contribution in [2.45, 2.75) is 31.0 Å². The third-order valence-electron chi connectivity index (χ3n) is 4.07. The average molecular weight is 381 g/mol. The second-order valence-corrected chi connectivity index (χ2v) is 8.53. The Morgan fingerprint density at radius 3 is 2.60 bits per heavy atom. The molecule has 1 aromatic rings. The Morgan fingerprint density at radius 2 is 2.05 bits per heavy atom. The minimum atomic E-state index is -3.43. The summed E-state index contributed by atoms with van der Waals surface area (Å²) in [6.45, 7) is 5.47. The SMILES string of the molecule is CC1CCN(S(=O)(=O)c2ccc(CCl)cc2Br)CC1C. The lowest BCUT2D eigenvalue weighted by molar-refractivity contribution is 0.212. The fourth-order valence-electron chi connectivity index (χ4n) is 2.42. The van der Waals surface area contributed by atoms with Crippen LogP contribution in [0, 0.1) is 11.8 Å².